The fraction of sp³-hybridized carbons (Fsp3) is 0.571. The lowest BCUT2D eigenvalue weighted by Gasteiger charge is -2.23. The second-order valence-electron chi connectivity index (χ2n) is 5.34. The Morgan fingerprint density at radius 2 is 2.06 bits per heavy atom. The first-order chi connectivity index (χ1) is 8.66. The lowest BCUT2D eigenvalue weighted by atomic mass is 10.1. The van der Waals surface area contributed by atoms with Gasteiger partial charge in [0.05, 0.1) is 0 Å². The Kier molecular flexibility index (Phi) is 2.98. The van der Waals surface area contributed by atoms with Crippen LogP contribution in [0.4, 0.5) is 14.5 Å². The topological polar surface area (TPSA) is 15.3 Å². The van der Waals surface area contributed by atoms with Crippen molar-refractivity contribution in [3.63, 3.8) is 0 Å². The normalized spacial score (nSPS) is 27.5. The maximum atomic E-state index is 13.9. The molecule has 2 unspecified atom stereocenters. The van der Waals surface area contributed by atoms with E-state index in [4.69, 9.17) is 0 Å². The molecule has 2 nitrogen and oxygen atoms in total. The summed E-state index contributed by atoms with van der Waals surface area (Å²) in [6, 6.07) is 3.44. The maximum Gasteiger partial charge on any atom is 0.152 e. The Bertz CT molecular complexity index is 461. The summed E-state index contributed by atoms with van der Waals surface area (Å²) in [7, 11) is 0. The van der Waals surface area contributed by atoms with Crippen LogP contribution in [-0.4, -0.2) is 30.1 Å². The summed E-state index contributed by atoms with van der Waals surface area (Å²) in [5, 5.41) is 3.10. The summed E-state index contributed by atoms with van der Waals surface area (Å²) >= 11 is 0. The van der Waals surface area contributed by atoms with Crippen LogP contribution in [0.2, 0.25) is 0 Å². The van der Waals surface area contributed by atoms with E-state index in [0.717, 1.165) is 25.9 Å². The zero-order chi connectivity index (χ0) is 12.7. The average Bonchev–Trinajstić information content (AvgIpc) is 2.93. The Morgan fingerprint density at radius 1 is 1.22 bits per heavy atom. The van der Waals surface area contributed by atoms with Crippen molar-refractivity contribution in [3.8, 4) is 0 Å². The predicted octanol–water partition coefficient (Wildman–Crippen LogP) is 2.92. The van der Waals surface area contributed by atoms with Crippen LogP contribution in [0.3, 0.4) is 0 Å². The van der Waals surface area contributed by atoms with E-state index >= 15 is 0 Å². The molecule has 0 aromatic heterocycles. The number of aryl methyl sites for hydroxylation is 1. The molecule has 0 bridgehead atoms. The van der Waals surface area contributed by atoms with Crippen molar-refractivity contribution in [2.75, 3.05) is 18.4 Å². The smallest absolute Gasteiger partial charge is 0.152 e. The summed E-state index contributed by atoms with van der Waals surface area (Å²) in [4.78, 5) is 2.42. The third-order valence-corrected chi connectivity index (χ3v) is 4.22. The van der Waals surface area contributed by atoms with Gasteiger partial charge in [0.15, 0.2) is 5.82 Å². The van der Waals surface area contributed by atoms with Gasteiger partial charge in [-0.15, -0.1) is 0 Å². The highest BCUT2D eigenvalue weighted by Gasteiger charge is 2.37. The quantitative estimate of drug-likeness (QED) is 0.870. The van der Waals surface area contributed by atoms with Gasteiger partial charge in [0.1, 0.15) is 11.5 Å². The lowest BCUT2D eigenvalue weighted by Crippen LogP contribution is -2.34. The van der Waals surface area contributed by atoms with Gasteiger partial charge in [0.2, 0.25) is 0 Å². The zero-order valence-corrected chi connectivity index (χ0v) is 10.5. The van der Waals surface area contributed by atoms with E-state index in [1.165, 1.54) is 18.6 Å². The van der Waals surface area contributed by atoms with E-state index in [-0.39, 0.29) is 11.7 Å². The van der Waals surface area contributed by atoms with Crippen LogP contribution in [0.15, 0.2) is 12.1 Å². The minimum atomic E-state index is -0.491. The minimum Gasteiger partial charge on any atom is -0.376 e. The zero-order valence-electron chi connectivity index (χ0n) is 10.5. The molecule has 0 radical (unpaired) electrons. The first-order valence-corrected chi connectivity index (χ1v) is 6.62. The van der Waals surface area contributed by atoms with Crippen molar-refractivity contribution >= 4 is 5.69 Å². The lowest BCUT2D eigenvalue weighted by molar-refractivity contribution is 0.318. The Hall–Kier alpha value is -1.16. The summed E-state index contributed by atoms with van der Waals surface area (Å²) in [5.41, 5.74) is 0.536. The standard InChI is InChI=1S/C14H18F2N2/c1-9-4-5-10(15)14(13(9)16)17-11-6-8-18-7-2-3-12(11)18/h4-5,11-12,17H,2-3,6-8H2,1H3. The van der Waals surface area contributed by atoms with Crippen LogP contribution in [-0.2, 0) is 0 Å². The van der Waals surface area contributed by atoms with Gasteiger partial charge < -0.3 is 5.32 Å². The Morgan fingerprint density at radius 3 is 2.89 bits per heavy atom. The van der Waals surface area contributed by atoms with E-state index in [2.05, 4.69) is 10.2 Å². The van der Waals surface area contributed by atoms with Gasteiger partial charge in [-0.2, -0.15) is 0 Å². The van der Waals surface area contributed by atoms with Crippen LogP contribution in [0, 0.1) is 18.6 Å². The van der Waals surface area contributed by atoms with E-state index in [1.54, 1.807) is 6.92 Å². The molecule has 0 saturated carbocycles. The van der Waals surface area contributed by atoms with Crippen molar-refractivity contribution in [2.45, 2.75) is 38.3 Å². The molecule has 98 valence electrons. The summed E-state index contributed by atoms with van der Waals surface area (Å²) in [6.45, 7) is 3.83. The number of halogens is 2. The van der Waals surface area contributed by atoms with Crippen molar-refractivity contribution in [2.24, 2.45) is 0 Å². The molecule has 2 atom stereocenters. The van der Waals surface area contributed by atoms with Crippen LogP contribution >= 0.6 is 0 Å². The SMILES string of the molecule is Cc1ccc(F)c(NC2CCN3CCCC23)c1F. The molecule has 0 aliphatic carbocycles. The molecule has 2 fully saturated rings. The van der Waals surface area contributed by atoms with Gasteiger partial charge >= 0.3 is 0 Å². The van der Waals surface area contributed by atoms with Crippen LogP contribution < -0.4 is 5.32 Å². The second-order valence-corrected chi connectivity index (χ2v) is 5.34. The first-order valence-electron chi connectivity index (χ1n) is 6.62. The highest BCUT2D eigenvalue weighted by molar-refractivity contribution is 5.50. The molecule has 2 aliphatic heterocycles. The fourth-order valence-corrected chi connectivity index (χ4v) is 3.23. The number of rotatable bonds is 2. The Balaban J connectivity index is 1.83. The molecular weight excluding hydrogens is 234 g/mol. The minimum absolute atomic E-state index is 0.0498. The second kappa shape index (κ2) is 4.50. The molecule has 2 saturated heterocycles. The van der Waals surface area contributed by atoms with Crippen molar-refractivity contribution < 1.29 is 8.78 Å². The average molecular weight is 252 g/mol. The van der Waals surface area contributed by atoms with E-state index in [9.17, 15) is 8.78 Å². The molecule has 1 aromatic rings. The van der Waals surface area contributed by atoms with Gasteiger partial charge in [-0.1, -0.05) is 6.07 Å². The van der Waals surface area contributed by atoms with Crippen LogP contribution in [0.5, 0.6) is 0 Å². The monoisotopic (exact) mass is 252 g/mol. The number of benzene rings is 1. The fourth-order valence-electron chi connectivity index (χ4n) is 3.23. The molecular formula is C14H18F2N2. The maximum absolute atomic E-state index is 13.9. The molecule has 18 heavy (non-hydrogen) atoms. The first kappa shape index (κ1) is 11.9. The number of fused-ring (bicyclic) bond motifs is 1. The van der Waals surface area contributed by atoms with Crippen LogP contribution in [0.1, 0.15) is 24.8 Å². The van der Waals surface area contributed by atoms with Crippen LogP contribution in [0.25, 0.3) is 0 Å². The Labute approximate surface area is 106 Å². The molecule has 1 aromatic carbocycles. The molecule has 0 amide bonds. The highest BCUT2D eigenvalue weighted by Crippen LogP contribution is 2.32. The largest absolute Gasteiger partial charge is 0.376 e. The number of nitrogens with zero attached hydrogens (tertiary/aromatic N) is 1. The third-order valence-electron chi connectivity index (χ3n) is 4.22. The van der Waals surface area contributed by atoms with Gasteiger partial charge in [0, 0.05) is 18.6 Å². The van der Waals surface area contributed by atoms with E-state index in [1.807, 2.05) is 0 Å². The molecule has 2 heterocycles. The van der Waals surface area contributed by atoms with Gasteiger partial charge in [-0.05, 0) is 44.4 Å². The van der Waals surface area contributed by atoms with Crippen molar-refractivity contribution in [1.82, 2.24) is 4.90 Å². The predicted molar refractivity (Wildman–Crippen MR) is 67.7 cm³/mol. The summed E-state index contributed by atoms with van der Waals surface area (Å²) < 4.78 is 27.7. The number of hydrogen-bond acceptors (Lipinski definition) is 2. The summed E-state index contributed by atoms with van der Waals surface area (Å²) in [6.07, 6.45) is 3.30. The van der Waals surface area contributed by atoms with Gasteiger partial charge in [-0.25, -0.2) is 8.78 Å². The highest BCUT2D eigenvalue weighted by atomic mass is 19.1. The van der Waals surface area contributed by atoms with Crippen molar-refractivity contribution in [3.05, 3.63) is 29.3 Å². The molecule has 4 heteroatoms. The van der Waals surface area contributed by atoms with Gasteiger partial charge in [0.25, 0.3) is 0 Å². The summed E-state index contributed by atoms with van der Waals surface area (Å²) in [5.74, 6) is -0.944. The number of nitrogens with one attached hydrogen (secondary N) is 1. The van der Waals surface area contributed by atoms with E-state index in [0.29, 0.717) is 11.6 Å². The number of hydrogen-bond donors (Lipinski definition) is 1. The molecule has 1 N–H and O–H groups in total. The van der Waals surface area contributed by atoms with E-state index < -0.39 is 11.6 Å². The molecule has 3 rings (SSSR count). The van der Waals surface area contributed by atoms with Gasteiger partial charge in [-0.3, -0.25) is 4.90 Å². The number of anilines is 1. The van der Waals surface area contributed by atoms with Crippen molar-refractivity contribution in [1.29, 1.82) is 0 Å². The molecule has 0 spiro atoms. The molecule has 2 aliphatic rings. The third kappa shape index (κ3) is 1.88.